The Morgan fingerprint density at radius 1 is 0.947 bits per heavy atom. The molecule has 2 rings (SSSR count). The number of hydrogen-bond donors (Lipinski definition) is 0. The van der Waals surface area contributed by atoms with Gasteiger partial charge in [0.25, 0.3) is 0 Å². The minimum absolute atomic E-state index is 0.411. The lowest BCUT2D eigenvalue weighted by atomic mass is 10.1. The van der Waals surface area contributed by atoms with Crippen LogP contribution in [0.15, 0.2) is 48.5 Å². The fourth-order valence-electron chi connectivity index (χ4n) is 1.92. The van der Waals surface area contributed by atoms with Crippen LogP contribution in [0.3, 0.4) is 0 Å². The number of alkyl halides is 1. The summed E-state index contributed by atoms with van der Waals surface area (Å²) in [6.45, 7) is 0.641. The molecule has 0 bridgehead atoms. The van der Waals surface area contributed by atoms with E-state index in [1.807, 2.05) is 24.3 Å². The number of hydrogen-bond acceptors (Lipinski definition) is 1. The number of ether oxygens (including phenoxy) is 1. The zero-order valence-electron chi connectivity index (χ0n) is 10.6. The SMILES string of the molecule is ClCc1cccc(Cl)c1OCCCc1ccccc1. The molecule has 3 heteroatoms. The van der Waals surface area contributed by atoms with Crippen LogP contribution in [-0.2, 0) is 12.3 Å². The Labute approximate surface area is 124 Å². The van der Waals surface area contributed by atoms with E-state index in [0.717, 1.165) is 18.4 Å². The summed E-state index contributed by atoms with van der Waals surface area (Å²) in [5.41, 5.74) is 2.26. The van der Waals surface area contributed by atoms with Gasteiger partial charge in [0.05, 0.1) is 17.5 Å². The molecule has 2 aromatic rings. The van der Waals surface area contributed by atoms with E-state index >= 15 is 0 Å². The molecule has 0 heterocycles. The Morgan fingerprint density at radius 3 is 2.47 bits per heavy atom. The molecule has 100 valence electrons. The van der Waals surface area contributed by atoms with Gasteiger partial charge < -0.3 is 4.74 Å². The van der Waals surface area contributed by atoms with Crippen LogP contribution in [0.25, 0.3) is 0 Å². The first-order valence-corrected chi connectivity index (χ1v) is 7.22. The van der Waals surface area contributed by atoms with Gasteiger partial charge in [-0.3, -0.25) is 0 Å². The summed E-state index contributed by atoms with van der Waals surface area (Å²) < 4.78 is 5.76. The summed E-state index contributed by atoms with van der Waals surface area (Å²) in [4.78, 5) is 0. The van der Waals surface area contributed by atoms with Gasteiger partial charge in [-0.05, 0) is 24.5 Å². The number of para-hydroxylation sites is 1. The molecule has 0 spiro atoms. The zero-order valence-corrected chi connectivity index (χ0v) is 12.1. The van der Waals surface area contributed by atoms with Gasteiger partial charge in [0.15, 0.2) is 0 Å². The van der Waals surface area contributed by atoms with Crippen molar-refractivity contribution in [2.45, 2.75) is 18.7 Å². The maximum absolute atomic E-state index is 6.12. The van der Waals surface area contributed by atoms with Crippen LogP contribution < -0.4 is 4.74 Å². The first-order valence-electron chi connectivity index (χ1n) is 6.31. The van der Waals surface area contributed by atoms with Crippen molar-refractivity contribution < 1.29 is 4.74 Å². The van der Waals surface area contributed by atoms with Crippen molar-refractivity contribution in [3.05, 3.63) is 64.7 Å². The van der Waals surface area contributed by atoms with Crippen molar-refractivity contribution in [2.75, 3.05) is 6.61 Å². The second-order valence-corrected chi connectivity index (χ2v) is 4.97. The minimum Gasteiger partial charge on any atom is -0.492 e. The summed E-state index contributed by atoms with van der Waals surface area (Å²) >= 11 is 12.0. The van der Waals surface area contributed by atoms with Gasteiger partial charge in [0, 0.05) is 5.56 Å². The van der Waals surface area contributed by atoms with E-state index in [9.17, 15) is 0 Å². The largest absolute Gasteiger partial charge is 0.492 e. The maximum Gasteiger partial charge on any atom is 0.142 e. The lowest BCUT2D eigenvalue weighted by molar-refractivity contribution is 0.309. The van der Waals surface area contributed by atoms with Gasteiger partial charge >= 0.3 is 0 Å². The third-order valence-electron chi connectivity index (χ3n) is 2.89. The van der Waals surface area contributed by atoms with E-state index in [2.05, 4.69) is 24.3 Å². The second kappa shape index (κ2) is 7.42. The molecule has 0 amide bonds. The van der Waals surface area contributed by atoms with Crippen LogP contribution in [0.4, 0.5) is 0 Å². The minimum atomic E-state index is 0.411. The zero-order chi connectivity index (χ0) is 13.5. The lowest BCUT2D eigenvalue weighted by Crippen LogP contribution is -2.02. The highest BCUT2D eigenvalue weighted by molar-refractivity contribution is 6.32. The summed E-state index contributed by atoms with van der Waals surface area (Å²) in [7, 11) is 0. The van der Waals surface area contributed by atoms with Crippen LogP contribution in [-0.4, -0.2) is 6.61 Å². The standard InChI is InChI=1S/C16H16Cl2O/c17-12-14-9-4-10-15(18)16(14)19-11-5-8-13-6-2-1-3-7-13/h1-4,6-7,9-10H,5,8,11-12H2. The number of halogens is 2. The Bertz CT molecular complexity index is 511. The van der Waals surface area contributed by atoms with E-state index in [1.54, 1.807) is 0 Å². The number of rotatable bonds is 6. The number of benzene rings is 2. The van der Waals surface area contributed by atoms with E-state index in [0.29, 0.717) is 23.3 Å². The normalized spacial score (nSPS) is 10.4. The Morgan fingerprint density at radius 2 is 1.74 bits per heavy atom. The molecule has 0 fully saturated rings. The van der Waals surface area contributed by atoms with E-state index in [1.165, 1.54) is 5.56 Å². The van der Waals surface area contributed by atoms with Gasteiger partial charge in [-0.15, -0.1) is 11.6 Å². The molecule has 0 N–H and O–H groups in total. The molecule has 2 aromatic carbocycles. The monoisotopic (exact) mass is 294 g/mol. The molecule has 0 aromatic heterocycles. The summed E-state index contributed by atoms with van der Waals surface area (Å²) in [5, 5.41) is 0.623. The van der Waals surface area contributed by atoms with Crippen LogP contribution in [0.2, 0.25) is 5.02 Å². The average molecular weight is 295 g/mol. The molecule has 0 unspecified atom stereocenters. The molecule has 0 aliphatic rings. The maximum atomic E-state index is 6.12. The third kappa shape index (κ3) is 4.15. The molecule has 0 aliphatic heterocycles. The van der Waals surface area contributed by atoms with Gasteiger partial charge in [0.1, 0.15) is 5.75 Å². The highest BCUT2D eigenvalue weighted by Crippen LogP contribution is 2.29. The second-order valence-electron chi connectivity index (χ2n) is 4.30. The molecular weight excluding hydrogens is 279 g/mol. The van der Waals surface area contributed by atoms with Crippen LogP contribution in [0.5, 0.6) is 5.75 Å². The highest BCUT2D eigenvalue weighted by Gasteiger charge is 2.07. The summed E-state index contributed by atoms with van der Waals surface area (Å²) in [6, 6.07) is 16.0. The fraction of sp³-hybridized carbons (Fsp3) is 0.250. The van der Waals surface area contributed by atoms with Crippen molar-refractivity contribution in [3.8, 4) is 5.75 Å². The summed E-state index contributed by atoms with van der Waals surface area (Å²) in [6.07, 6.45) is 1.96. The third-order valence-corrected chi connectivity index (χ3v) is 3.48. The smallest absolute Gasteiger partial charge is 0.142 e. The first-order chi connectivity index (χ1) is 9.31. The molecule has 1 nitrogen and oxygen atoms in total. The average Bonchev–Trinajstić information content (AvgIpc) is 2.46. The Kier molecular flexibility index (Phi) is 5.56. The van der Waals surface area contributed by atoms with Gasteiger partial charge in [-0.2, -0.15) is 0 Å². The van der Waals surface area contributed by atoms with E-state index in [4.69, 9.17) is 27.9 Å². The molecule has 0 saturated heterocycles. The van der Waals surface area contributed by atoms with Gasteiger partial charge in [0.2, 0.25) is 0 Å². The van der Waals surface area contributed by atoms with Crippen molar-refractivity contribution in [3.63, 3.8) is 0 Å². The van der Waals surface area contributed by atoms with Crippen LogP contribution >= 0.6 is 23.2 Å². The highest BCUT2D eigenvalue weighted by atomic mass is 35.5. The van der Waals surface area contributed by atoms with E-state index in [-0.39, 0.29) is 0 Å². The lowest BCUT2D eigenvalue weighted by Gasteiger charge is -2.11. The Hall–Kier alpha value is -1.18. The van der Waals surface area contributed by atoms with Crippen molar-refractivity contribution in [2.24, 2.45) is 0 Å². The topological polar surface area (TPSA) is 9.23 Å². The predicted octanol–water partition coefficient (Wildman–Crippen LogP) is 5.09. The van der Waals surface area contributed by atoms with Crippen molar-refractivity contribution >= 4 is 23.2 Å². The molecule has 0 radical (unpaired) electrons. The van der Waals surface area contributed by atoms with Gasteiger partial charge in [-0.25, -0.2) is 0 Å². The molecule has 0 saturated carbocycles. The molecule has 0 atom stereocenters. The molecular formula is C16H16Cl2O. The molecule has 19 heavy (non-hydrogen) atoms. The summed E-state index contributed by atoms with van der Waals surface area (Å²) in [5.74, 6) is 1.13. The van der Waals surface area contributed by atoms with E-state index < -0.39 is 0 Å². The van der Waals surface area contributed by atoms with Crippen molar-refractivity contribution in [1.82, 2.24) is 0 Å². The quantitative estimate of drug-likeness (QED) is 0.533. The number of aryl methyl sites for hydroxylation is 1. The first kappa shape index (κ1) is 14.2. The molecule has 0 aliphatic carbocycles. The predicted molar refractivity (Wildman–Crippen MR) is 81.3 cm³/mol. The van der Waals surface area contributed by atoms with Gasteiger partial charge in [-0.1, -0.05) is 54.1 Å². The van der Waals surface area contributed by atoms with Crippen LogP contribution in [0, 0.1) is 0 Å². The van der Waals surface area contributed by atoms with Crippen LogP contribution in [0.1, 0.15) is 17.5 Å². The van der Waals surface area contributed by atoms with Crippen molar-refractivity contribution in [1.29, 1.82) is 0 Å². The Balaban J connectivity index is 1.86. The fourth-order valence-corrected chi connectivity index (χ4v) is 2.37.